The molecule has 78 valence electrons. The highest BCUT2D eigenvalue weighted by Gasteiger charge is 2.23. The Kier molecular flexibility index (Phi) is 2.82. The van der Waals surface area contributed by atoms with Gasteiger partial charge in [0.1, 0.15) is 6.61 Å². The van der Waals surface area contributed by atoms with Crippen LogP contribution in [0, 0.1) is 5.92 Å². The van der Waals surface area contributed by atoms with Crippen molar-refractivity contribution in [3.8, 4) is 0 Å². The average molecular weight is 196 g/mol. The number of aliphatic hydroxyl groups excluding tert-OH is 1. The van der Waals surface area contributed by atoms with E-state index >= 15 is 0 Å². The summed E-state index contributed by atoms with van der Waals surface area (Å²) in [6, 6.07) is 0. The molecule has 0 spiro atoms. The smallest absolute Gasteiger partial charge is 0.241 e. The molecule has 0 unspecified atom stereocenters. The fraction of sp³-hybridized carbons (Fsp3) is 0.800. The number of rotatable bonds is 2. The number of aliphatic hydroxyl groups is 1. The van der Waals surface area contributed by atoms with Gasteiger partial charge in [0.05, 0.1) is 0 Å². The molecule has 1 heterocycles. The average Bonchev–Trinajstić information content (AvgIpc) is 2.67. The van der Waals surface area contributed by atoms with E-state index in [2.05, 4.69) is 17.1 Å². The Labute approximate surface area is 83.3 Å². The number of aromatic nitrogens is 2. The zero-order chi connectivity index (χ0) is 9.97. The molecule has 1 N–H and O–H groups in total. The highest BCUT2D eigenvalue weighted by Crippen LogP contribution is 2.34. The lowest BCUT2D eigenvalue weighted by molar-refractivity contribution is 0.228. The molecule has 14 heavy (non-hydrogen) atoms. The van der Waals surface area contributed by atoms with Crippen molar-refractivity contribution in [3.63, 3.8) is 0 Å². The second-order valence-corrected chi connectivity index (χ2v) is 4.15. The Hall–Kier alpha value is -0.900. The van der Waals surface area contributed by atoms with Crippen molar-refractivity contribution in [1.29, 1.82) is 0 Å². The lowest BCUT2D eigenvalue weighted by atomic mass is 9.83. The molecule has 0 amide bonds. The first-order valence-corrected chi connectivity index (χ1v) is 5.22. The van der Waals surface area contributed by atoms with Gasteiger partial charge in [0.15, 0.2) is 0 Å². The maximum atomic E-state index is 8.80. The SMILES string of the molecule is CC1CCC(c2nnc(CO)o2)CC1. The van der Waals surface area contributed by atoms with Crippen molar-refractivity contribution in [2.24, 2.45) is 5.92 Å². The number of hydrogen-bond acceptors (Lipinski definition) is 4. The molecule has 0 aliphatic heterocycles. The minimum absolute atomic E-state index is 0.157. The summed E-state index contributed by atoms with van der Waals surface area (Å²) < 4.78 is 5.34. The van der Waals surface area contributed by atoms with Crippen LogP contribution >= 0.6 is 0 Å². The first-order chi connectivity index (χ1) is 6.79. The molecule has 1 saturated carbocycles. The maximum absolute atomic E-state index is 8.80. The Bertz CT molecular complexity index is 290. The van der Waals surface area contributed by atoms with Crippen molar-refractivity contribution in [2.75, 3.05) is 0 Å². The topological polar surface area (TPSA) is 59.2 Å². The summed E-state index contributed by atoms with van der Waals surface area (Å²) in [5.74, 6) is 2.28. The summed E-state index contributed by atoms with van der Waals surface area (Å²) in [6.07, 6.45) is 4.74. The van der Waals surface area contributed by atoms with Crippen molar-refractivity contribution >= 4 is 0 Å². The van der Waals surface area contributed by atoms with Crippen LogP contribution in [0.25, 0.3) is 0 Å². The van der Waals surface area contributed by atoms with Gasteiger partial charge >= 0.3 is 0 Å². The Morgan fingerprint density at radius 2 is 2.00 bits per heavy atom. The van der Waals surface area contributed by atoms with Gasteiger partial charge in [-0.25, -0.2) is 0 Å². The monoisotopic (exact) mass is 196 g/mol. The van der Waals surface area contributed by atoms with Crippen molar-refractivity contribution < 1.29 is 9.52 Å². The molecule has 1 aromatic heterocycles. The van der Waals surface area contributed by atoms with E-state index in [9.17, 15) is 0 Å². The summed E-state index contributed by atoms with van der Waals surface area (Å²) in [5.41, 5.74) is 0. The standard InChI is InChI=1S/C10H16N2O2/c1-7-2-4-8(5-3-7)10-12-11-9(6-13)14-10/h7-8,13H,2-6H2,1H3. The Morgan fingerprint density at radius 1 is 1.29 bits per heavy atom. The zero-order valence-corrected chi connectivity index (χ0v) is 8.44. The molecule has 1 aliphatic carbocycles. The molecule has 0 radical (unpaired) electrons. The Balaban J connectivity index is 2.01. The van der Waals surface area contributed by atoms with Gasteiger partial charge in [0.2, 0.25) is 11.8 Å². The second-order valence-electron chi connectivity index (χ2n) is 4.15. The molecule has 4 nitrogen and oxygen atoms in total. The van der Waals surface area contributed by atoms with Crippen LogP contribution in [-0.2, 0) is 6.61 Å². The van der Waals surface area contributed by atoms with Crippen molar-refractivity contribution in [1.82, 2.24) is 10.2 Å². The van der Waals surface area contributed by atoms with Gasteiger partial charge in [-0.15, -0.1) is 10.2 Å². The molecule has 1 aliphatic rings. The van der Waals surface area contributed by atoms with Crippen LogP contribution in [0.2, 0.25) is 0 Å². The van der Waals surface area contributed by atoms with Crippen LogP contribution in [0.4, 0.5) is 0 Å². The summed E-state index contributed by atoms with van der Waals surface area (Å²) in [5, 5.41) is 16.5. The number of nitrogens with zero attached hydrogens (tertiary/aromatic N) is 2. The minimum atomic E-state index is -0.157. The van der Waals surface area contributed by atoms with E-state index in [1.807, 2.05) is 0 Å². The summed E-state index contributed by atoms with van der Waals surface area (Å²) in [6.45, 7) is 2.12. The normalized spacial score (nSPS) is 27.9. The molecule has 1 aromatic rings. The molecular formula is C10H16N2O2. The molecule has 2 rings (SSSR count). The van der Waals surface area contributed by atoms with Crippen LogP contribution in [0.5, 0.6) is 0 Å². The van der Waals surface area contributed by atoms with Crippen molar-refractivity contribution in [3.05, 3.63) is 11.8 Å². The third-order valence-corrected chi connectivity index (χ3v) is 2.98. The molecule has 0 aromatic carbocycles. The van der Waals surface area contributed by atoms with Gasteiger partial charge < -0.3 is 9.52 Å². The van der Waals surface area contributed by atoms with E-state index in [1.165, 1.54) is 12.8 Å². The van der Waals surface area contributed by atoms with Gasteiger partial charge in [-0.1, -0.05) is 6.92 Å². The molecule has 0 bridgehead atoms. The van der Waals surface area contributed by atoms with E-state index in [0.717, 1.165) is 18.8 Å². The van der Waals surface area contributed by atoms with E-state index in [4.69, 9.17) is 9.52 Å². The first-order valence-electron chi connectivity index (χ1n) is 5.22. The molecule has 0 atom stereocenters. The Morgan fingerprint density at radius 3 is 2.57 bits per heavy atom. The summed E-state index contributed by atoms with van der Waals surface area (Å²) in [7, 11) is 0. The van der Waals surface area contributed by atoms with Gasteiger partial charge in [-0.05, 0) is 31.6 Å². The van der Waals surface area contributed by atoms with E-state index in [0.29, 0.717) is 17.7 Å². The molecule has 4 heteroatoms. The highest BCUT2D eigenvalue weighted by molar-refractivity contribution is 4.93. The van der Waals surface area contributed by atoms with Gasteiger partial charge in [0, 0.05) is 5.92 Å². The summed E-state index contributed by atoms with van der Waals surface area (Å²) >= 11 is 0. The third-order valence-electron chi connectivity index (χ3n) is 2.98. The van der Waals surface area contributed by atoms with E-state index in [-0.39, 0.29) is 6.61 Å². The zero-order valence-electron chi connectivity index (χ0n) is 8.44. The van der Waals surface area contributed by atoms with Crippen LogP contribution in [-0.4, -0.2) is 15.3 Å². The highest BCUT2D eigenvalue weighted by atomic mass is 16.4. The molecule has 1 fully saturated rings. The van der Waals surface area contributed by atoms with Crippen LogP contribution in [0.3, 0.4) is 0 Å². The van der Waals surface area contributed by atoms with Crippen LogP contribution in [0.1, 0.15) is 50.3 Å². The maximum Gasteiger partial charge on any atom is 0.241 e. The third kappa shape index (κ3) is 1.95. The van der Waals surface area contributed by atoms with Gasteiger partial charge in [-0.2, -0.15) is 0 Å². The lowest BCUT2D eigenvalue weighted by Crippen LogP contribution is -2.11. The quantitative estimate of drug-likeness (QED) is 0.784. The van der Waals surface area contributed by atoms with Crippen molar-refractivity contribution in [2.45, 2.75) is 45.1 Å². The number of hydrogen-bond donors (Lipinski definition) is 1. The predicted molar refractivity (Wildman–Crippen MR) is 50.6 cm³/mol. The van der Waals surface area contributed by atoms with Crippen LogP contribution < -0.4 is 0 Å². The largest absolute Gasteiger partial charge is 0.422 e. The van der Waals surface area contributed by atoms with Gasteiger partial charge in [-0.3, -0.25) is 0 Å². The fourth-order valence-corrected chi connectivity index (χ4v) is 2.00. The van der Waals surface area contributed by atoms with Crippen LogP contribution in [0.15, 0.2) is 4.42 Å². The minimum Gasteiger partial charge on any atom is -0.422 e. The van der Waals surface area contributed by atoms with Gasteiger partial charge in [0.25, 0.3) is 0 Å². The molecular weight excluding hydrogens is 180 g/mol. The lowest BCUT2D eigenvalue weighted by Gasteiger charge is -2.23. The second kappa shape index (κ2) is 4.09. The predicted octanol–water partition coefficient (Wildman–Crippen LogP) is 1.86. The molecule has 0 saturated heterocycles. The van der Waals surface area contributed by atoms with E-state index in [1.54, 1.807) is 0 Å². The van der Waals surface area contributed by atoms with E-state index < -0.39 is 0 Å². The first kappa shape index (κ1) is 9.65. The summed E-state index contributed by atoms with van der Waals surface area (Å²) in [4.78, 5) is 0. The fourth-order valence-electron chi connectivity index (χ4n) is 2.00.